The Kier molecular flexibility index (Phi) is 6.04. The normalized spacial score (nSPS) is 20.2. The first-order valence-corrected chi connectivity index (χ1v) is 9.48. The number of amides is 1. The van der Waals surface area contributed by atoms with E-state index in [9.17, 15) is 14.7 Å². The number of methoxy groups -OCH3 is 1. The first kappa shape index (κ1) is 19.0. The molecule has 2 fully saturated rings. The summed E-state index contributed by atoms with van der Waals surface area (Å²) in [5, 5.41) is 10.3. The number of hydrogen-bond donors (Lipinski definition) is 1. The maximum absolute atomic E-state index is 12.6. The van der Waals surface area contributed by atoms with E-state index in [4.69, 9.17) is 16.3 Å². The number of halogens is 1. The summed E-state index contributed by atoms with van der Waals surface area (Å²) in [7, 11) is 1.52. The zero-order chi connectivity index (χ0) is 18.7. The van der Waals surface area contributed by atoms with Crippen LogP contribution in [-0.2, 0) is 9.59 Å². The average Bonchev–Trinajstić information content (AvgIpc) is 3.16. The van der Waals surface area contributed by atoms with Crippen LogP contribution in [0.5, 0.6) is 5.75 Å². The second-order valence-corrected chi connectivity index (χ2v) is 7.41. The molecule has 0 spiro atoms. The minimum atomic E-state index is -0.935. The fourth-order valence-electron chi connectivity index (χ4n) is 4.01. The molecule has 0 bridgehead atoms. The molecule has 2 saturated heterocycles. The molecule has 1 aromatic carbocycles. The quantitative estimate of drug-likeness (QED) is 0.850. The van der Waals surface area contributed by atoms with Crippen molar-refractivity contribution >= 4 is 23.5 Å². The third-order valence-corrected chi connectivity index (χ3v) is 5.62. The highest BCUT2D eigenvalue weighted by Gasteiger charge is 2.36. The molecule has 2 heterocycles. The van der Waals surface area contributed by atoms with Crippen LogP contribution in [0.2, 0.25) is 5.02 Å². The van der Waals surface area contributed by atoms with Crippen LogP contribution in [-0.4, -0.2) is 60.1 Å². The van der Waals surface area contributed by atoms with E-state index in [-0.39, 0.29) is 11.8 Å². The van der Waals surface area contributed by atoms with E-state index < -0.39 is 12.0 Å². The second kappa shape index (κ2) is 8.27. The number of carboxylic acid groups (broad SMARTS) is 1. The predicted molar refractivity (Wildman–Crippen MR) is 98.5 cm³/mol. The van der Waals surface area contributed by atoms with Gasteiger partial charge in [-0.2, -0.15) is 0 Å². The molecule has 0 saturated carbocycles. The molecule has 1 amide bonds. The first-order valence-electron chi connectivity index (χ1n) is 9.10. The summed E-state index contributed by atoms with van der Waals surface area (Å²) >= 11 is 6.08. The van der Waals surface area contributed by atoms with E-state index in [1.165, 1.54) is 7.11 Å². The SMILES string of the molecule is COc1ccc(Cl)cc1C(C(=O)O)N1CCC(C(=O)N2CCCC2)CC1. The Morgan fingerprint density at radius 2 is 1.85 bits per heavy atom. The number of carbonyl (C=O) groups excluding carboxylic acids is 1. The highest BCUT2D eigenvalue weighted by Crippen LogP contribution is 2.35. The third-order valence-electron chi connectivity index (χ3n) is 5.38. The van der Waals surface area contributed by atoms with E-state index in [0.717, 1.165) is 25.9 Å². The first-order chi connectivity index (χ1) is 12.5. The molecule has 0 radical (unpaired) electrons. The second-order valence-electron chi connectivity index (χ2n) is 6.97. The Hall–Kier alpha value is -1.79. The van der Waals surface area contributed by atoms with Crippen molar-refractivity contribution in [1.82, 2.24) is 9.80 Å². The summed E-state index contributed by atoms with van der Waals surface area (Å²) in [5.74, 6) is -0.193. The van der Waals surface area contributed by atoms with Crippen molar-refractivity contribution < 1.29 is 19.4 Å². The van der Waals surface area contributed by atoms with Gasteiger partial charge in [0.15, 0.2) is 0 Å². The number of aliphatic carboxylic acids is 1. The summed E-state index contributed by atoms with van der Waals surface area (Å²) < 4.78 is 5.34. The Balaban J connectivity index is 1.72. The highest BCUT2D eigenvalue weighted by molar-refractivity contribution is 6.30. The standard InChI is InChI=1S/C19H25ClN2O4/c1-26-16-5-4-14(20)12-15(16)17(19(24)25)21-10-6-13(7-11-21)18(23)22-8-2-3-9-22/h4-5,12-13,17H,2-3,6-11H2,1H3,(H,24,25). The smallest absolute Gasteiger partial charge is 0.325 e. The predicted octanol–water partition coefficient (Wildman–Crippen LogP) is 2.81. The topological polar surface area (TPSA) is 70.1 Å². The largest absolute Gasteiger partial charge is 0.496 e. The summed E-state index contributed by atoms with van der Waals surface area (Å²) in [6, 6.07) is 4.20. The van der Waals surface area contributed by atoms with E-state index in [2.05, 4.69) is 0 Å². The van der Waals surface area contributed by atoms with Crippen molar-refractivity contribution in [2.75, 3.05) is 33.3 Å². The Bertz CT molecular complexity index is 668. The highest BCUT2D eigenvalue weighted by atomic mass is 35.5. The van der Waals surface area contributed by atoms with E-state index in [0.29, 0.717) is 42.3 Å². The number of nitrogens with zero attached hydrogens (tertiary/aromatic N) is 2. The lowest BCUT2D eigenvalue weighted by Gasteiger charge is -2.36. The van der Waals surface area contributed by atoms with Gasteiger partial charge in [0, 0.05) is 42.7 Å². The van der Waals surface area contributed by atoms with E-state index in [1.807, 2.05) is 9.80 Å². The maximum Gasteiger partial charge on any atom is 0.325 e. The van der Waals surface area contributed by atoms with Gasteiger partial charge in [-0.15, -0.1) is 0 Å². The van der Waals surface area contributed by atoms with Crippen LogP contribution in [0.1, 0.15) is 37.3 Å². The molecule has 1 aromatic rings. The zero-order valence-electron chi connectivity index (χ0n) is 15.0. The summed E-state index contributed by atoms with van der Waals surface area (Å²) in [6.45, 7) is 2.85. The molecule has 6 nitrogen and oxygen atoms in total. The Morgan fingerprint density at radius 3 is 2.42 bits per heavy atom. The fraction of sp³-hybridized carbons (Fsp3) is 0.579. The van der Waals surface area contributed by atoms with Gasteiger partial charge in [-0.3, -0.25) is 14.5 Å². The van der Waals surface area contributed by atoms with Gasteiger partial charge in [-0.05, 0) is 43.9 Å². The average molecular weight is 381 g/mol. The van der Waals surface area contributed by atoms with Crippen molar-refractivity contribution in [3.8, 4) is 5.75 Å². The molecule has 142 valence electrons. The number of carbonyl (C=O) groups is 2. The zero-order valence-corrected chi connectivity index (χ0v) is 15.7. The van der Waals surface area contributed by atoms with E-state index in [1.54, 1.807) is 18.2 Å². The molecule has 1 atom stereocenters. The minimum Gasteiger partial charge on any atom is -0.496 e. The third kappa shape index (κ3) is 3.96. The summed E-state index contributed by atoms with van der Waals surface area (Å²) in [5.41, 5.74) is 0.553. The number of likely N-dealkylation sites (tertiary alicyclic amines) is 2. The molecule has 0 aromatic heterocycles. The van der Waals surface area contributed by atoms with E-state index >= 15 is 0 Å². The summed E-state index contributed by atoms with van der Waals surface area (Å²) in [4.78, 5) is 28.4. The van der Waals surface area contributed by atoms with Crippen molar-refractivity contribution in [3.05, 3.63) is 28.8 Å². The monoisotopic (exact) mass is 380 g/mol. The number of hydrogen-bond acceptors (Lipinski definition) is 4. The lowest BCUT2D eigenvalue weighted by molar-refractivity contribution is -0.145. The van der Waals surface area contributed by atoms with Crippen molar-refractivity contribution in [2.45, 2.75) is 31.7 Å². The van der Waals surface area contributed by atoms with Gasteiger partial charge >= 0.3 is 5.97 Å². The number of rotatable bonds is 5. The molecule has 1 unspecified atom stereocenters. The van der Waals surface area contributed by atoms with Gasteiger partial charge in [-0.1, -0.05) is 11.6 Å². The van der Waals surface area contributed by atoms with Crippen molar-refractivity contribution in [2.24, 2.45) is 5.92 Å². The Morgan fingerprint density at radius 1 is 1.19 bits per heavy atom. The molecule has 7 heteroatoms. The molecule has 3 rings (SSSR count). The number of ether oxygens (including phenoxy) is 1. The van der Waals surface area contributed by atoms with Crippen LogP contribution >= 0.6 is 11.6 Å². The molecular weight excluding hydrogens is 356 g/mol. The fourth-order valence-corrected chi connectivity index (χ4v) is 4.19. The van der Waals surface area contributed by atoms with Crippen LogP contribution in [0.3, 0.4) is 0 Å². The lowest BCUT2D eigenvalue weighted by atomic mass is 9.92. The van der Waals surface area contributed by atoms with Crippen LogP contribution in [0.4, 0.5) is 0 Å². The van der Waals surface area contributed by atoms with Gasteiger partial charge in [-0.25, -0.2) is 0 Å². The summed E-state index contributed by atoms with van der Waals surface area (Å²) in [6.07, 6.45) is 3.53. The van der Waals surface area contributed by atoms with Gasteiger partial charge in [0.2, 0.25) is 5.91 Å². The molecular formula is C19H25ClN2O4. The Labute approximate surface area is 158 Å². The van der Waals surface area contributed by atoms with Crippen LogP contribution < -0.4 is 4.74 Å². The molecule has 2 aliphatic rings. The van der Waals surface area contributed by atoms with Crippen LogP contribution in [0.15, 0.2) is 18.2 Å². The van der Waals surface area contributed by atoms with Crippen LogP contribution in [0, 0.1) is 5.92 Å². The molecule has 2 aliphatic heterocycles. The molecule has 0 aliphatic carbocycles. The molecule has 1 N–H and O–H groups in total. The number of piperidine rings is 1. The van der Waals surface area contributed by atoms with Gasteiger partial charge in [0.25, 0.3) is 0 Å². The number of carboxylic acids is 1. The number of benzene rings is 1. The lowest BCUT2D eigenvalue weighted by Crippen LogP contribution is -2.44. The van der Waals surface area contributed by atoms with Gasteiger partial charge < -0.3 is 14.7 Å². The maximum atomic E-state index is 12.6. The van der Waals surface area contributed by atoms with Crippen molar-refractivity contribution in [1.29, 1.82) is 0 Å². The van der Waals surface area contributed by atoms with Crippen LogP contribution in [0.25, 0.3) is 0 Å². The molecule has 26 heavy (non-hydrogen) atoms. The van der Waals surface area contributed by atoms with Gasteiger partial charge in [0.05, 0.1) is 7.11 Å². The van der Waals surface area contributed by atoms with Crippen molar-refractivity contribution in [3.63, 3.8) is 0 Å². The minimum absolute atomic E-state index is 0.0000479. The van der Waals surface area contributed by atoms with Gasteiger partial charge in [0.1, 0.15) is 11.8 Å².